The minimum atomic E-state index is -0.927. The molecule has 1 N–H and O–H groups in total. The molecule has 0 spiro atoms. The highest BCUT2D eigenvalue weighted by Gasteiger charge is 2.39. The molecule has 1 atom stereocenters. The number of hydrogen-bond acceptors (Lipinski definition) is 5. The van der Waals surface area contributed by atoms with Crippen LogP contribution in [0.1, 0.15) is 72.6 Å². The van der Waals surface area contributed by atoms with Crippen LogP contribution in [-0.4, -0.2) is 39.6 Å². The molecule has 1 aliphatic carbocycles. The minimum absolute atomic E-state index is 0.0874. The number of nitrogens with one attached hydrogen (secondary N) is 1. The molecule has 7 heteroatoms. The summed E-state index contributed by atoms with van der Waals surface area (Å²) < 4.78 is 5.72. The summed E-state index contributed by atoms with van der Waals surface area (Å²) >= 11 is 1.43. The van der Waals surface area contributed by atoms with Crippen molar-refractivity contribution in [2.24, 2.45) is 11.0 Å². The van der Waals surface area contributed by atoms with Crippen LogP contribution in [0.2, 0.25) is 0 Å². The van der Waals surface area contributed by atoms with Crippen LogP contribution in [0.25, 0.3) is 0 Å². The fourth-order valence-corrected chi connectivity index (χ4v) is 3.64. The van der Waals surface area contributed by atoms with Crippen LogP contribution in [0.15, 0.2) is 5.10 Å². The zero-order chi connectivity index (χ0) is 18.4. The van der Waals surface area contributed by atoms with E-state index in [9.17, 15) is 9.59 Å². The minimum Gasteiger partial charge on any atom is -0.438 e. The van der Waals surface area contributed by atoms with Crippen LogP contribution in [0.5, 0.6) is 0 Å². The van der Waals surface area contributed by atoms with Crippen molar-refractivity contribution >= 4 is 28.8 Å². The normalized spacial score (nSPS) is 21.4. The van der Waals surface area contributed by atoms with Gasteiger partial charge < -0.3 is 10.1 Å². The molecule has 2 rings (SSSR count). The largest absolute Gasteiger partial charge is 0.438 e. The molecule has 1 fully saturated rings. The highest BCUT2D eigenvalue weighted by molar-refractivity contribution is 8.14. The monoisotopic (exact) mass is 369 g/mol. The molecule has 25 heavy (non-hydrogen) atoms. The molecule has 0 saturated heterocycles. The number of rotatable bonds is 6. The predicted molar refractivity (Wildman–Crippen MR) is 101 cm³/mol. The zero-order valence-electron chi connectivity index (χ0n) is 15.8. The van der Waals surface area contributed by atoms with Crippen molar-refractivity contribution in [1.82, 2.24) is 10.3 Å². The van der Waals surface area contributed by atoms with Gasteiger partial charge in [0.1, 0.15) is 0 Å². The summed E-state index contributed by atoms with van der Waals surface area (Å²) in [4.78, 5) is 25.2. The first-order valence-electron chi connectivity index (χ1n) is 9.41. The zero-order valence-corrected chi connectivity index (χ0v) is 16.6. The van der Waals surface area contributed by atoms with E-state index in [2.05, 4.69) is 24.3 Å². The quantitative estimate of drug-likeness (QED) is 0.765. The van der Waals surface area contributed by atoms with Crippen molar-refractivity contribution in [3.8, 4) is 0 Å². The maximum Gasteiger partial charge on any atom is 0.341 e. The molecule has 142 valence electrons. The van der Waals surface area contributed by atoms with E-state index in [-0.39, 0.29) is 23.1 Å². The lowest BCUT2D eigenvalue weighted by atomic mass is 9.96. The second-order valence-electron chi connectivity index (χ2n) is 7.53. The molecule has 6 nitrogen and oxygen atoms in total. The van der Waals surface area contributed by atoms with E-state index in [4.69, 9.17) is 4.74 Å². The van der Waals surface area contributed by atoms with Gasteiger partial charge in [-0.25, -0.2) is 4.79 Å². The van der Waals surface area contributed by atoms with Crippen LogP contribution in [0, 0.1) is 5.92 Å². The van der Waals surface area contributed by atoms with Crippen molar-refractivity contribution < 1.29 is 14.3 Å². The Morgan fingerprint density at radius 2 is 1.92 bits per heavy atom. The van der Waals surface area contributed by atoms with E-state index in [1.54, 1.807) is 0 Å². The number of ketones is 1. The molecule has 1 heterocycles. The maximum atomic E-state index is 12.7. The van der Waals surface area contributed by atoms with E-state index >= 15 is 0 Å². The van der Waals surface area contributed by atoms with Crippen molar-refractivity contribution in [2.45, 2.75) is 90.2 Å². The molecule has 2 amide bonds. The first-order valence-corrected chi connectivity index (χ1v) is 10.3. The second kappa shape index (κ2) is 9.46. The summed E-state index contributed by atoms with van der Waals surface area (Å²) in [6.07, 6.45) is 5.72. The Labute approximate surface area is 155 Å². The molecule has 0 bridgehead atoms. The molecular formula is C18H31N3O3S. The number of amides is 2. The Balaban J connectivity index is 2.02. The highest BCUT2D eigenvalue weighted by Crippen LogP contribution is 2.25. The van der Waals surface area contributed by atoms with Gasteiger partial charge in [0, 0.05) is 17.7 Å². The SMILES string of the molecule is CC(C)CCC(=O)C1OC(SC(C)C)=NN1C(=O)NC1CCCCC1. The fourth-order valence-electron chi connectivity index (χ4n) is 2.96. The molecule has 0 aromatic carbocycles. The van der Waals surface area contributed by atoms with Crippen molar-refractivity contribution in [1.29, 1.82) is 0 Å². The van der Waals surface area contributed by atoms with Gasteiger partial charge in [0.25, 0.3) is 11.5 Å². The summed E-state index contributed by atoms with van der Waals surface area (Å²) in [6.45, 7) is 8.20. The third-order valence-corrected chi connectivity index (χ3v) is 5.20. The second-order valence-corrected chi connectivity index (χ2v) is 9.06. The van der Waals surface area contributed by atoms with Crippen LogP contribution in [-0.2, 0) is 9.53 Å². The van der Waals surface area contributed by atoms with Crippen LogP contribution < -0.4 is 5.32 Å². The molecule has 1 aliphatic heterocycles. The topological polar surface area (TPSA) is 71.0 Å². The lowest BCUT2D eigenvalue weighted by molar-refractivity contribution is -0.131. The Kier molecular flexibility index (Phi) is 7.59. The Hall–Kier alpha value is -1.24. The van der Waals surface area contributed by atoms with E-state index in [0.29, 0.717) is 17.6 Å². The van der Waals surface area contributed by atoms with Crippen LogP contribution >= 0.6 is 11.8 Å². The summed E-state index contributed by atoms with van der Waals surface area (Å²) in [6, 6.07) is -0.154. The highest BCUT2D eigenvalue weighted by atomic mass is 32.2. The molecular weight excluding hydrogens is 338 g/mol. The number of carbonyl (C=O) groups is 2. The fraction of sp³-hybridized carbons (Fsp3) is 0.833. The Morgan fingerprint density at radius 3 is 2.52 bits per heavy atom. The van der Waals surface area contributed by atoms with Gasteiger partial charge in [-0.3, -0.25) is 4.79 Å². The number of hydrazone groups is 1. The van der Waals surface area contributed by atoms with E-state index in [1.807, 2.05) is 13.8 Å². The summed E-state index contributed by atoms with van der Waals surface area (Å²) in [5.74, 6) is 0.343. The first kappa shape index (κ1) is 20.1. The summed E-state index contributed by atoms with van der Waals surface area (Å²) in [5.41, 5.74) is 0. The molecule has 0 aromatic rings. The predicted octanol–water partition coefficient (Wildman–Crippen LogP) is 4.10. The van der Waals surface area contributed by atoms with Gasteiger partial charge in [-0.05, 0) is 25.2 Å². The molecule has 1 unspecified atom stereocenters. The van der Waals surface area contributed by atoms with Crippen LogP contribution in [0.3, 0.4) is 0 Å². The number of Topliss-reactive ketones (excluding diaryl/α,β-unsaturated/α-hetero) is 1. The molecule has 0 aromatic heterocycles. The van der Waals surface area contributed by atoms with Gasteiger partial charge in [-0.1, -0.05) is 58.7 Å². The average molecular weight is 370 g/mol. The van der Waals surface area contributed by atoms with Gasteiger partial charge in [0.2, 0.25) is 0 Å². The lowest BCUT2D eigenvalue weighted by Crippen LogP contribution is -2.48. The van der Waals surface area contributed by atoms with E-state index in [0.717, 1.165) is 32.1 Å². The van der Waals surface area contributed by atoms with Crippen molar-refractivity contribution in [3.05, 3.63) is 0 Å². The molecule has 2 aliphatic rings. The van der Waals surface area contributed by atoms with Gasteiger partial charge in [-0.2, -0.15) is 5.01 Å². The van der Waals surface area contributed by atoms with E-state index < -0.39 is 6.23 Å². The number of hydrogen-bond donors (Lipinski definition) is 1. The smallest absolute Gasteiger partial charge is 0.341 e. The Bertz CT molecular complexity index is 502. The summed E-state index contributed by atoms with van der Waals surface area (Å²) in [7, 11) is 0. The van der Waals surface area contributed by atoms with Crippen molar-refractivity contribution in [2.75, 3.05) is 0 Å². The van der Waals surface area contributed by atoms with Gasteiger partial charge in [0.05, 0.1) is 0 Å². The molecule has 1 saturated carbocycles. The maximum absolute atomic E-state index is 12.7. The first-order chi connectivity index (χ1) is 11.9. The lowest BCUT2D eigenvalue weighted by Gasteiger charge is -2.26. The third-order valence-electron chi connectivity index (χ3n) is 4.34. The standard InChI is InChI=1S/C18H31N3O3S/c1-12(2)10-11-15(22)16-21(20-18(24-16)25-13(3)4)17(23)19-14-8-6-5-7-9-14/h12-14,16H,5-11H2,1-4H3,(H,19,23). The average Bonchev–Trinajstić information content (AvgIpc) is 2.96. The summed E-state index contributed by atoms with van der Waals surface area (Å²) in [5, 5.41) is 9.18. The Morgan fingerprint density at radius 1 is 1.24 bits per heavy atom. The number of ether oxygens (including phenoxy) is 1. The number of thioether (sulfide) groups is 1. The van der Waals surface area contributed by atoms with Crippen LogP contribution in [0.4, 0.5) is 4.79 Å². The third kappa shape index (κ3) is 6.20. The van der Waals surface area contributed by atoms with Gasteiger partial charge in [-0.15, -0.1) is 5.10 Å². The van der Waals surface area contributed by atoms with E-state index in [1.165, 1.54) is 23.2 Å². The number of urea groups is 1. The number of nitrogens with zero attached hydrogens (tertiary/aromatic N) is 2. The van der Waals surface area contributed by atoms with Gasteiger partial charge >= 0.3 is 6.03 Å². The van der Waals surface area contributed by atoms with Gasteiger partial charge in [0.15, 0.2) is 5.78 Å². The van der Waals surface area contributed by atoms with Crippen molar-refractivity contribution in [3.63, 3.8) is 0 Å². The molecule has 0 radical (unpaired) electrons. The number of carbonyl (C=O) groups excluding carboxylic acids is 2.